The van der Waals surface area contributed by atoms with Gasteiger partial charge in [0.05, 0.1) is 11.7 Å². The molecule has 2 aromatic heterocycles. The minimum absolute atomic E-state index is 0.217. The van der Waals surface area contributed by atoms with E-state index < -0.39 is 0 Å². The van der Waals surface area contributed by atoms with Gasteiger partial charge in [-0.2, -0.15) is 0 Å². The lowest BCUT2D eigenvalue weighted by Crippen LogP contribution is -2.47. The average molecular weight is 287 g/mol. The van der Waals surface area contributed by atoms with Crippen LogP contribution in [0.2, 0.25) is 0 Å². The highest BCUT2D eigenvalue weighted by Crippen LogP contribution is 2.22. The van der Waals surface area contributed by atoms with Crippen molar-refractivity contribution < 1.29 is 4.39 Å². The average Bonchev–Trinajstić information content (AvgIpc) is 2.56. The second kappa shape index (κ2) is 6.13. The number of pyridine rings is 1. The Labute approximate surface area is 123 Å². The van der Waals surface area contributed by atoms with E-state index in [9.17, 15) is 4.39 Å². The molecule has 110 valence electrons. The van der Waals surface area contributed by atoms with Crippen molar-refractivity contribution in [1.82, 2.24) is 19.9 Å². The van der Waals surface area contributed by atoms with Gasteiger partial charge in [0, 0.05) is 51.0 Å². The number of hydrogen-bond acceptors (Lipinski definition) is 5. The highest BCUT2D eigenvalue weighted by atomic mass is 19.1. The third-order valence-electron chi connectivity index (χ3n) is 3.91. The summed E-state index contributed by atoms with van der Waals surface area (Å²) in [4.78, 5) is 16.9. The van der Waals surface area contributed by atoms with Gasteiger partial charge in [-0.3, -0.25) is 14.9 Å². The van der Waals surface area contributed by atoms with Crippen molar-refractivity contribution in [2.24, 2.45) is 0 Å². The second-order valence-electron chi connectivity index (χ2n) is 5.14. The summed E-state index contributed by atoms with van der Waals surface area (Å²) in [5.41, 5.74) is 0.968. The topological polar surface area (TPSA) is 45.2 Å². The van der Waals surface area contributed by atoms with Crippen LogP contribution in [-0.4, -0.2) is 46.0 Å². The summed E-state index contributed by atoms with van der Waals surface area (Å²) in [7, 11) is 0. The normalized spacial score (nSPS) is 17.7. The Morgan fingerprint density at radius 1 is 1.10 bits per heavy atom. The summed E-state index contributed by atoms with van der Waals surface area (Å²) < 4.78 is 13.8. The van der Waals surface area contributed by atoms with E-state index in [-0.39, 0.29) is 11.9 Å². The maximum atomic E-state index is 13.8. The predicted molar refractivity (Wildman–Crippen MR) is 78.4 cm³/mol. The van der Waals surface area contributed by atoms with Crippen molar-refractivity contribution in [3.05, 3.63) is 48.4 Å². The lowest BCUT2D eigenvalue weighted by molar-refractivity contribution is 0.194. The van der Waals surface area contributed by atoms with Gasteiger partial charge in [0.25, 0.3) is 0 Å². The molecule has 1 saturated heterocycles. The van der Waals surface area contributed by atoms with Gasteiger partial charge in [0.2, 0.25) is 0 Å². The third kappa shape index (κ3) is 3.00. The largest absolute Gasteiger partial charge is 0.352 e. The van der Waals surface area contributed by atoms with E-state index >= 15 is 0 Å². The van der Waals surface area contributed by atoms with E-state index in [0.29, 0.717) is 5.82 Å². The lowest BCUT2D eigenvalue weighted by Gasteiger charge is -2.38. The van der Waals surface area contributed by atoms with Crippen LogP contribution >= 0.6 is 0 Å². The fraction of sp³-hybridized carbons (Fsp3) is 0.400. The predicted octanol–water partition coefficient (Wildman–Crippen LogP) is 1.89. The summed E-state index contributed by atoms with van der Waals surface area (Å²) in [6, 6.07) is 3.29. The number of piperazine rings is 1. The van der Waals surface area contributed by atoms with E-state index in [1.165, 1.54) is 6.07 Å². The molecule has 0 radical (unpaired) electrons. The number of aromatic nitrogens is 3. The second-order valence-corrected chi connectivity index (χ2v) is 5.14. The van der Waals surface area contributed by atoms with Gasteiger partial charge in [-0.15, -0.1) is 0 Å². The zero-order valence-corrected chi connectivity index (χ0v) is 12.0. The summed E-state index contributed by atoms with van der Waals surface area (Å²) >= 11 is 0. The smallest absolute Gasteiger partial charge is 0.165 e. The number of anilines is 1. The molecule has 2 aromatic rings. The monoisotopic (exact) mass is 287 g/mol. The molecular weight excluding hydrogens is 269 g/mol. The molecule has 3 heterocycles. The molecule has 5 nitrogen and oxygen atoms in total. The van der Waals surface area contributed by atoms with Gasteiger partial charge in [-0.05, 0) is 19.1 Å². The van der Waals surface area contributed by atoms with Crippen molar-refractivity contribution in [2.75, 3.05) is 31.1 Å². The maximum Gasteiger partial charge on any atom is 0.165 e. The van der Waals surface area contributed by atoms with Crippen LogP contribution < -0.4 is 4.90 Å². The lowest BCUT2D eigenvalue weighted by atomic mass is 10.2. The highest BCUT2D eigenvalue weighted by Gasteiger charge is 2.24. The van der Waals surface area contributed by atoms with Crippen LogP contribution in [0.15, 0.2) is 36.9 Å². The molecule has 0 aliphatic carbocycles. The molecule has 1 aliphatic heterocycles. The Kier molecular flexibility index (Phi) is 4.06. The van der Waals surface area contributed by atoms with Crippen LogP contribution in [0.3, 0.4) is 0 Å². The van der Waals surface area contributed by atoms with E-state index in [1.54, 1.807) is 30.9 Å². The van der Waals surface area contributed by atoms with Crippen LogP contribution in [0.5, 0.6) is 0 Å². The summed E-state index contributed by atoms with van der Waals surface area (Å²) in [6.45, 7) is 5.36. The molecule has 0 spiro atoms. The Balaban J connectivity index is 1.64. The quantitative estimate of drug-likeness (QED) is 0.862. The van der Waals surface area contributed by atoms with Crippen molar-refractivity contribution in [3.8, 4) is 0 Å². The molecule has 0 bridgehead atoms. The minimum Gasteiger partial charge on any atom is -0.352 e. The first kappa shape index (κ1) is 13.9. The summed E-state index contributed by atoms with van der Waals surface area (Å²) in [6.07, 6.45) is 6.83. The SMILES string of the molecule is C[C@H](c1cnccn1)N1CCN(c2ncccc2F)CC1. The molecule has 0 amide bonds. The number of rotatable bonds is 3. The van der Waals surface area contributed by atoms with Crippen LogP contribution in [-0.2, 0) is 0 Å². The Hall–Kier alpha value is -2.08. The molecule has 0 aromatic carbocycles. The maximum absolute atomic E-state index is 13.8. The van der Waals surface area contributed by atoms with E-state index in [4.69, 9.17) is 0 Å². The molecule has 3 rings (SSSR count). The van der Waals surface area contributed by atoms with Crippen LogP contribution in [0.25, 0.3) is 0 Å². The Morgan fingerprint density at radius 2 is 1.90 bits per heavy atom. The van der Waals surface area contributed by atoms with Crippen molar-refractivity contribution in [3.63, 3.8) is 0 Å². The van der Waals surface area contributed by atoms with Crippen LogP contribution in [0.1, 0.15) is 18.7 Å². The van der Waals surface area contributed by atoms with E-state index in [2.05, 4.69) is 26.8 Å². The summed E-state index contributed by atoms with van der Waals surface area (Å²) in [5, 5.41) is 0. The van der Waals surface area contributed by atoms with Crippen LogP contribution in [0, 0.1) is 5.82 Å². The van der Waals surface area contributed by atoms with Gasteiger partial charge in [-0.25, -0.2) is 9.37 Å². The van der Waals surface area contributed by atoms with Gasteiger partial charge in [-0.1, -0.05) is 0 Å². The molecular formula is C15H18FN5. The standard InChI is InChI=1S/C15H18FN5/c1-12(14-11-17-5-6-18-14)20-7-9-21(10-8-20)15-13(16)3-2-4-19-15/h2-6,11-12H,7-10H2,1H3/t12-/m1/s1. The van der Waals surface area contributed by atoms with Crippen LogP contribution in [0.4, 0.5) is 10.2 Å². The number of halogens is 1. The third-order valence-corrected chi connectivity index (χ3v) is 3.91. The number of nitrogens with zero attached hydrogens (tertiary/aromatic N) is 5. The first-order valence-corrected chi connectivity index (χ1v) is 7.11. The first-order chi connectivity index (χ1) is 10.3. The molecule has 1 aliphatic rings. The number of hydrogen-bond donors (Lipinski definition) is 0. The zero-order valence-electron chi connectivity index (χ0n) is 12.0. The van der Waals surface area contributed by atoms with E-state index in [0.717, 1.165) is 31.9 Å². The zero-order chi connectivity index (χ0) is 14.7. The molecule has 0 saturated carbocycles. The molecule has 21 heavy (non-hydrogen) atoms. The Morgan fingerprint density at radius 3 is 2.57 bits per heavy atom. The Bertz CT molecular complexity index is 584. The molecule has 0 N–H and O–H groups in total. The fourth-order valence-electron chi connectivity index (χ4n) is 2.64. The van der Waals surface area contributed by atoms with Gasteiger partial charge in [0.15, 0.2) is 11.6 Å². The fourth-order valence-corrected chi connectivity index (χ4v) is 2.64. The van der Waals surface area contributed by atoms with Gasteiger partial charge >= 0.3 is 0 Å². The molecule has 0 unspecified atom stereocenters. The highest BCUT2D eigenvalue weighted by molar-refractivity contribution is 5.40. The van der Waals surface area contributed by atoms with Gasteiger partial charge < -0.3 is 4.90 Å². The van der Waals surface area contributed by atoms with E-state index in [1.807, 2.05) is 4.90 Å². The summed E-state index contributed by atoms with van der Waals surface area (Å²) in [5.74, 6) is 0.192. The molecule has 6 heteroatoms. The van der Waals surface area contributed by atoms with Crippen molar-refractivity contribution in [2.45, 2.75) is 13.0 Å². The van der Waals surface area contributed by atoms with Crippen molar-refractivity contribution >= 4 is 5.82 Å². The van der Waals surface area contributed by atoms with Crippen molar-refractivity contribution in [1.29, 1.82) is 0 Å². The van der Waals surface area contributed by atoms with Gasteiger partial charge in [0.1, 0.15) is 0 Å². The molecule has 1 atom stereocenters. The minimum atomic E-state index is -0.257. The molecule has 1 fully saturated rings. The first-order valence-electron chi connectivity index (χ1n) is 7.11.